The van der Waals surface area contributed by atoms with E-state index in [1.807, 2.05) is 52.5 Å². The Morgan fingerprint density at radius 1 is 1.20 bits per heavy atom. The van der Waals surface area contributed by atoms with Crippen LogP contribution in [-0.4, -0.2) is 70.5 Å². The van der Waals surface area contributed by atoms with Crippen molar-refractivity contribution in [3.63, 3.8) is 0 Å². The number of anilines is 1. The van der Waals surface area contributed by atoms with Gasteiger partial charge in [0.05, 0.1) is 40.5 Å². The van der Waals surface area contributed by atoms with Crippen molar-refractivity contribution in [2.24, 2.45) is 0 Å². The lowest BCUT2D eigenvalue weighted by Gasteiger charge is -2.41. The molecule has 1 fully saturated rings. The minimum Gasteiger partial charge on any atom is -0.496 e. The molecule has 0 spiro atoms. The number of pyridine rings is 1. The Kier molecular flexibility index (Phi) is 8.08. The smallest absolute Gasteiger partial charge is 0.410 e. The Hall–Kier alpha value is -4.38. The number of piperazine rings is 1. The second kappa shape index (κ2) is 11.8. The fraction of sp³-hybridized carbons (Fsp3) is 0.412. The number of carbonyl (C=O) groups is 1. The topological polar surface area (TPSA) is 99.0 Å². The van der Waals surface area contributed by atoms with Gasteiger partial charge in [0.25, 0.3) is 0 Å². The standard InChI is InChI=1S/C34H37ClFN5O5/c1-18(2)28-29(19(3)11-12-37-28)41-23-15-21(25-22(35)9-8-10-24(25)44-7)27(36)30-26(23)31(38-32(41)42)40-14-13-39(16-20(40)17-45-30)33(43)46-34(4,5)6/h8-12,15,18,20H,13-14,16-17H2,1-7H3/t20-/m1/s1. The molecule has 1 saturated heterocycles. The maximum atomic E-state index is 16.9. The number of rotatable bonds is 4. The third-order valence-electron chi connectivity index (χ3n) is 8.27. The molecule has 10 nitrogen and oxygen atoms in total. The van der Waals surface area contributed by atoms with Crippen molar-refractivity contribution in [3.8, 4) is 28.3 Å². The van der Waals surface area contributed by atoms with Crippen LogP contribution in [0.1, 0.15) is 51.8 Å². The van der Waals surface area contributed by atoms with Crippen molar-refractivity contribution >= 4 is 34.4 Å². The van der Waals surface area contributed by atoms with E-state index in [0.29, 0.717) is 52.5 Å². The Morgan fingerprint density at radius 2 is 1.96 bits per heavy atom. The molecule has 2 aliphatic heterocycles. The quantitative estimate of drug-likeness (QED) is 0.247. The van der Waals surface area contributed by atoms with Crippen molar-refractivity contribution in [1.29, 1.82) is 0 Å². The third-order valence-corrected chi connectivity index (χ3v) is 8.59. The molecule has 2 aromatic heterocycles. The van der Waals surface area contributed by atoms with Gasteiger partial charge in [-0.1, -0.05) is 31.5 Å². The van der Waals surface area contributed by atoms with Crippen molar-refractivity contribution in [3.05, 3.63) is 69.1 Å². The molecule has 6 rings (SSSR count). The van der Waals surface area contributed by atoms with Crippen LogP contribution in [0.15, 0.2) is 41.3 Å². The summed E-state index contributed by atoms with van der Waals surface area (Å²) in [6.07, 6.45) is 1.26. The van der Waals surface area contributed by atoms with E-state index in [0.717, 1.165) is 5.56 Å². The number of aryl methyl sites for hydroxylation is 1. The highest BCUT2D eigenvalue weighted by atomic mass is 35.5. The summed E-state index contributed by atoms with van der Waals surface area (Å²) in [5, 5.41) is 0.616. The summed E-state index contributed by atoms with van der Waals surface area (Å²) in [7, 11) is 1.49. The SMILES string of the molecule is COc1cccc(Cl)c1-c1cc2c3c(nc(=O)n2-c2c(C)ccnc2C(C)C)N2CCN(C(=O)OC(C)(C)C)C[C@@H]2COc3c1F. The highest BCUT2D eigenvalue weighted by molar-refractivity contribution is 6.33. The number of ether oxygens (including phenoxy) is 3. The molecule has 1 amide bonds. The zero-order chi connectivity index (χ0) is 33.1. The van der Waals surface area contributed by atoms with Crippen LogP contribution in [0.2, 0.25) is 5.02 Å². The summed E-state index contributed by atoms with van der Waals surface area (Å²) >= 11 is 6.67. The van der Waals surface area contributed by atoms with Crippen molar-refractivity contribution in [2.45, 2.75) is 59.1 Å². The molecule has 2 aliphatic rings. The van der Waals surface area contributed by atoms with Gasteiger partial charge in [0.15, 0.2) is 11.6 Å². The average molecular weight is 650 g/mol. The summed E-state index contributed by atoms with van der Waals surface area (Å²) in [6, 6.07) is 8.08. The zero-order valence-corrected chi connectivity index (χ0v) is 27.7. The Morgan fingerprint density at radius 3 is 2.65 bits per heavy atom. The van der Waals surface area contributed by atoms with Crippen LogP contribution in [-0.2, 0) is 4.74 Å². The predicted molar refractivity (Wildman–Crippen MR) is 175 cm³/mol. The lowest BCUT2D eigenvalue weighted by atomic mass is 9.99. The molecule has 0 saturated carbocycles. The maximum Gasteiger partial charge on any atom is 0.410 e. The molecule has 0 radical (unpaired) electrons. The fourth-order valence-corrected chi connectivity index (χ4v) is 6.49. The number of amides is 1. The van der Waals surface area contributed by atoms with Gasteiger partial charge in [-0.15, -0.1) is 0 Å². The van der Waals surface area contributed by atoms with Gasteiger partial charge in [0.1, 0.15) is 23.8 Å². The highest BCUT2D eigenvalue weighted by Gasteiger charge is 2.38. The van der Waals surface area contributed by atoms with Gasteiger partial charge < -0.3 is 24.0 Å². The molecular formula is C34H37ClFN5O5. The third kappa shape index (κ3) is 5.40. The first kappa shape index (κ1) is 31.6. The van der Waals surface area contributed by atoms with Gasteiger partial charge in [0, 0.05) is 37.0 Å². The van der Waals surface area contributed by atoms with Crippen molar-refractivity contribution in [2.75, 3.05) is 38.3 Å². The normalized spacial score (nSPS) is 16.3. The van der Waals surface area contributed by atoms with E-state index in [2.05, 4.69) is 9.97 Å². The zero-order valence-electron chi connectivity index (χ0n) is 27.0. The molecular weight excluding hydrogens is 613 g/mol. The van der Waals surface area contributed by atoms with Crippen LogP contribution in [0.5, 0.6) is 11.5 Å². The summed E-state index contributed by atoms with van der Waals surface area (Å²) in [5.74, 6) is -0.0983. The van der Waals surface area contributed by atoms with Crippen molar-refractivity contribution < 1.29 is 23.4 Å². The number of fused-ring (bicyclic) bond motifs is 2. The monoisotopic (exact) mass is 649 g/mol. The Balaban J connectivity index is 1.63. The number of aromatic nitrogens is 3. The number of hydrogen-bond donors (Lipinski definition) is 0. The van der Waals surface area contributed by atoms with E-state index >= 15 is 4.39 Å². The molecule has 2 aromatic carbocycles. The second-order valence-electron chi connectivity index (χ2n) is 12.9. The summed E-state index contributed by atoms with van der Waals surface area (Å²) in [6.45, 7) is 12.3. The van der Waals surface area contributed by atoms with Gasteiger partial charge in [-0.3, -0.25) is 9.55 Å². The first-order valence-corrected chi connectivity index (χ1v) is 15.6. The van der Waals surface area contributed by atoms with E-state index < -0.39 is 29.2 Å². The number of carbonyl (C=O) groups excluding carboxylic acids is 1. The lowest BCUT2D eigenvalue weighted by Crippen LogP contribution is -2.57. The molecule has 46 heavy (non-hydrogen) atoms. The molecule has 0 N–H and O–H groups in total. The molecule has 4 aromatic rings. The van der Waals surface area contributed by atoms with Gasteiger partial charge in [-0.2, -0.15) is 4.98 Å². The second-order valence-corrected chi connectivity index (χ2v) is 13.3. The predicted octanol–water partition coefficient (Wildman–Crippen LogP) is 6.50. The fourth-order valence-electron chi connectivity index (χ4n) is 6.22. The summed E-state index contributed by atoms with van der Waals surface area (Å²) < 4.78 is 35.9. The van der Waals surface area contributed by atoms with Crippen LogP contribution >= 0.6 is 11.6 Å². The first-order valence-electron chi connectivity index (χ1n) is 15.3. The Labute approximate surface area is 271 Å². The van der Waals surface area contributed by atoms with Crippen LogP contribution in [0.25, 0.3) is 27.7 Å². The molecule has 1 atom stereocenters. The number of halogens is 2. The minimum absolute atomic E-state index is 0.0299. The van der Waals surface area contributed by atoms with Gasteiger partial charge in [-0.25, -0.2) is 14.0 Å². The van der Waals surface area contributed by atoms with E-state index in [1.54, 1.807) is 35.4 Å². The van der Waals surface area contributed by atoms with Crippen LogP contribution in [0.3, 0.4) is 0 Å². The van der Waals surface area contributed by atoms with E-state index in [1.165, 1.54) is 11.7 Å². The molecule has 0 bridgehead atoms. The molecule has 12 heteroatoms. The van der Waals surface area contributed by atoms with Crippen LogP contribution < -0.4 is 20.1 Å². The van der Waals surface area contributed by atoms with Crippen LogP contribution in [0, 0.1) is 12.7 Å². The number of methoxy groups -OCH3 is 1. The Bertz CT molecular complexity index is 1920. The van der Waals surface area contributed by atoms with E-state index in [9.17, 15) is 9.59 Å². The van der Waals surface area contributed by atoms with Crippen molar-refractivity contribution in [1.82, 2.24) is 19.4 Å². The average Bonchev–Trinajstić information content (AvgIpc) is 3.15. The van der Waals surface area contributed by atoms with E-state index in [-0.39, 0.29) is 35.4 Å². The molecule has 0 unspecified atom stereocenters. The maximum absolute atomic E-state index is 16.9. The molecule has 0 aliphatic carbocycles. The molecule has 242 valence electrons. The first-order chi connectivity index (χ1) is 21.8. The lowest BCUT2D eigenvalue weighted by molar-refractivity contribution is 0.0201. The van der Waals surface area contributed by atoms with Gasteiger partial charge in [-0.05, 0) is 63.4 Å². The van der Waals surface area contributed by atoms with Gasteiger partial charge in [0.2, 0.25) is 0 Å². The van der Waals surface area contributed by atoms with Crippen LogP contribution in [0.4, 0.5) is 15.0 Å². The number of hydrogen-bond acceptors (Lipinski definition) is 8. The van der Waals surface area contributed by atoms with Gasteiger partial charge >= 0.3 is 11.8 Å². The van der Waals surface area contributed by atoms with E-state index in [4.69, 9.17) is 25.8 Å². The molecule has 4 heterocycles. The summed E-state index contributed by atoms with van der Waals surface area (Å²) in [4.78, 5) is 40.0. The number of benzene rings is 2. The highest BCUT2D eigenvalue weighted by Crippen LogP contribution is 2.47. The minimum atomic E-state index is -0.665. The number of nitrogens with zero attached hydrogens (tertiary/aromatic N) is 5. The summed E-state index contributed by atoms with van der Waals surface area (Å²) in [5.41, 5.74) is 1.68. The largest absolute Gasteiger partial charge is 0.496 e.